The summed E-state index contributed by atoms with van der Waals surface area (Å²) in [5, 5.41) is 33.8. The number of carbonyl (C=O) groups is 6. The third-order valence-corrected chi connectivity index (χ3v) is 4.45. The summed E-state index contributed by atoms with van der Waals surface area (Å²) in [7, 11) is 0. The van der Waals surface area contributed by atoms with Gasteiger partial charge in [-0.25, -0.2) is 4.79 Å². The number of hydrogen-bond acceptors (Lipinski definition) is 9. The summed E-state index contributed by atoms with van der Waals surface area (Å²) < 4.78 is 0. The van der Waals surface area contributed by atoms with Crippen LogP contribution >= 0.6 is 11.8 Å². The molecule has 0 spiro atoms. The number of nitrogens with one attached hydrogen (secondary N) is 3. The van der Waals surface area contributed by atoms with Crippen LogP contribution in [0.3, 0.4) is 0 Å². The SMILES string of the molecule is CSCCC(NC(=O)C(CO)NC(=O)C(CC(=O)O)NC(=O)C(N)CC(N)=O)C(=O)O. The van der Waals surface area contributed by atoms with Crippen molar-refractivity contribution in [2.24, 2.45) is 11.5 Å². The molecule has 31 heavy (non-hydrogen) atoms. The van der Waals surface area contributed by atoms with E-state index in [0.29, 0.717) is 5.75 Å². The number of hydrogen-bond donors (Lipinski definition) is 8. The number of primary amides is 1. The minimum Gasteiger partial charge on any atom is -0.481 e. The lowest BCUT2D eigenvalue weighted by molar-refractivity contribution is -0.143. The summed E-state index contributed by atoms with van der Waals surface area (Å²) in [6.45, 7) is -0.929. The van der Waals surface area contributed by atoms with Gasteiger partial charge in [0.2, 0.25) is 23.6 Å². The van der Waals surface area contributed by atoms with Crippen molar-refractivity contribution < 1.29 is 44.1 Å². The highest BCUT2D eigenvalue weighted by atomic mass is 32.2. The van der Waals surface area contributed by atoms with E-state index in [4.69, 9.17) is 21.7 Å². The second-order valence-corrected chi connectivity index (χ2v) is 7.35. The van der Waals surface area contributed by atoms with Crippen molar-refractivity contribution in [1.82, 2.24) is 16.0 Å². The Balaban J connectivity index is 5.23. The molecule has 0 rings (SSSR count). The van der Waals surface area contributed by atoms with Crippen LogP contribution in [0.1, 0.15) is 19.3 Å². The van der Waals surface area contributed by atoms with Gasteiger partial charge < -0.3 is 42.7 Å². The van der Waals surface area contributed by atoms with Crippen LogP contribution in [0.2, 0.25) is 0 Å². The minimum atomic E-state index is -1.70. The van der Waals surface area contributed by atoms with Crippen LogP contribution in [0.4, 0.5) is 0 Å². The summed E-state index contributed by atoms with van der Waals surface area (Å²) >= 11 is 1.35. The number of thioether (sulfide) groups is 1. The first-order chi connectivity index (χ1) is 14.4. The Morgan fingerprint density at radius 2 is 1.39 bits per heavy atom. The van der Waals surface area contributed by atoms with Crippen LogP contribution in [0.25, 0.3) is 0 Å². The van der Waals surface area contributed by atoms with Crippen molar-refractivity contribution in [3.05, 3.63) is 0 Å². The van der Waals surface area contributed by atoms with Gasteiger partial charge >= 0.3 is 11.9 Å². The zero-order valence-corrected chi connectivity index (χ0v) is 17.5. The van der Waals surface area contributed by atoms with Crippen LogP contribution in [-0.4, -0.2) is 93.7 Å². The van der Waals surface area contributed by atoms with E-state index in [9.17, 15) is 33.9 Å². The lowest BCUT2D eigenvalue weighted by atomic mass is 10.1. The van der Waals surface area contributed by atoms with Gasteiger partial charge in [-0.3, -0.25) is 24.0 Å². The molecule has 0 saturated heterocycles. The Kier molecular flexibility index (Phi) is 12.8. The van der Waals surface area contributed by atoms with E-state index in [1.54, 1.807) is 6.26 Å². The van der Waals surface area contributed by atoms with Crippen molar-refractivity contribution in [2.45, 2.75) is 43.4 Å². The lowest BCUT2D eigenvalue weighted by Gasteiger charge is -2.23. The fourth-order valence-corrected chi connectivity index (χ4v) is 2.68. The monoisotopic (exact) mass is 465 g/mol. The molecule has 0 aromatic rings. The Bertz CT molecular complexity index is 690. The number of aliphatic carboxylic acids is 2. The molecule has 0 aromatic carbocycles. The van der Waals surface area contributed by atoms with Crippen LogP contribution in [0.5, 0.6) is 0 Å². The molecule has 0 aliphatic heterocycles. The Labute approximate surface area is 181 Å². The fraction of sp³-hybridized carbons (Fsp3) is 0.625. The maximum Gasteiger partial charge on any atom is 0.326 e. The molecule has 0 aliphatic rings. The predicted octanol–water partition coefficient (Wildman–Crippen LogP) is -4.05. The van der Waals surface area contributed by atoms with E-state index < -0.39 is 79.2 Å². The van der Waals surface area contributed by atoms with Gasteiger partial charge in [0.25, 0.3) is 0 Å². The number of carboxylic acid groups (broad SMARTS) is 2. The molecule has 4 atom stereocenters. The highest BCUT2D eigenvalue weighted by Crippen LogP contribution is 2.02. The second kappa shape index (κ2) is 14.2. The molecule has 4 amide bonds. The van der Waals surface area contributed by atoms with Crippen molar-refractivity contribution in [2.75, 3.05) is 18.6 Å². The van der Waals surface area contributed by atoms with Gasteiger partial charge in [0.05, 0.1) is 25.5 Å². The van der Waals surface area contributed by atoms with Gasteiger partial charge in [-0.1, -0.05) is 0 Å². The number of aliphatic hydroxyl groups excluding tert-OH is 1. The Hall–Kier alpha value is -2.91. The topological polar surface area (TPSA) is 251 Å². The summed E-state index contributed by atoms with van der Waals surface area (Å²) in [5.41, 5.74) is 10.4. The third kappa shape index (κ3) is 11.2. The molecule has 176 valence electrons. The highest BCUT2D eigenvalue weighted by Gasteiger charge is 2.31. The molecular weight excluding hydrogens is 438 g/mol. The third-order valence-electron chi connectivity index (χ3n) is 3.81. The van der Waals surface area contributed by atoms with Gasteiger partial charge in [0.15, 0.2) is 0 Å². The smallest absolute Gasteiger partial charge is 0.326 e. The molecule has 14 nitrogen and oxygen atoms in total. The van der Waals surface area contributed by atoms with E-state index >= 15 is 0 Å². The van der Waals surface area contributed by atoms with Gasteiger partial charge in [-0.15, -0.1) is 0 Å². The summed E-state index contributed by atoms with van der Waals surface area (Å²) in [4.78, 5) is 69.7. The second-order valence-electron chi connectivity index (χ2n) is 6.36. The lowest BCUT2D eigenvalue weighted by Crippen LogP contribution is -2.58. The summed E-state index contributed by atoms with van der Waals surface area (Å²) in [6, 6.07) is -6.02. The molecule has 0 heterocycles. The first-order valence-electron chi connectivity index (χ1n) is 8.92. The molecule has 0 fully saturated rings. The van der Waals surface area contributed by atoms with Crippen LogP contribution in [0.15, 0.2) is 0 Å². The molecule has 10 N–H and O–H groups in total. The van der Waals surface area contributed by atoms with Crippen molar-refractivity contribution in [3.63, 3.8) is 0 Å². The standard InChI is InChI=1S/C16H27N5O9S/c1-31-3-2-8(16(29)30)19-15(28)10(6-22)21-14(27)9(5-12(24)25)20-13(26)7(17)4-11(18)23/h7-10,22H,2-6,17H2,1H3,(H2,18,23)(H,19,28)(H,20,26)(H,21,27)(H,24,25)(H,29,30). The summed E-state index contributed by atoms with van der Waals surface area (Å²) in [5.74, 6) is -6.46. The Morgan fingerprint density at radius 1 is 0.871 bits per heavy atom. The largest absolute Gasteiger partial charge is 0.481 e. The van der Waals surface area contributed by atoms with E-state index in [2.05, 4.69) is 5.32 Å². The van der Waals surface area contributed by atoms with Crippen LogP contribution < -0.4 is 27.4 Å². The van der Waals surface area contributed by atoms with Crippen molar-refractivity contribution in [1.29, 1.82) is 0 Å². The fourth-order valence-electron chi connectivity index (χ4n) is 2.20. The first-order valence-corrected chi connectivity index (χ1v) is 10.3. The normalized spacial score (nSPS) is 14.4. The number of carbonyl (C=O) groups excluding carboxylic acids is 4. The number of carboxylic acids is 2. The quantitative estimate of drug-likeness (QED) is 0.115. The predicted molar refractivity (Wildman–Crippen MR) is 108 cm³/mol. The molecule has 0 aliphatic carbocycles. The van der Waals surface area contributed by atoms with Gasteiger partial charge in [-0.05, 0) is 18.4 Å². The van der Waals surface area contributed by atoms with Crippen molar-refractivity contribution in [3.8, 4) is 0 Å². The summed E-state index contributed by atoms with van der Waals surface area (Å²) in [6.07, 6.45) is 0.376. The average Bonchev–Trinajstić information content (AvgIpc) is 2.66. The van der Waals surface area contributed by atoms with Crippen molar-refractivity contribution >= 4 is 47.3 Å². The highest BCUT2D eigenvalue weighted by molar-refractivity contribution is 7.98. The van der Waals surface area contributed by atoms with E-state index in [-0.39, 0.29) is 6.42 Å². The van der Waals surface area contributed by atoms with Gasteiger partial charge in [0, 0.05) is 0 Å². The van der Waals surface area contributed by atoms with Gasteiger partial charge in [-0.2, -0.15) is 11.8 Å². The maximum atomic E-state index is 12.4. The molecule has 4 unspecified atom stereocenters. The number of amides is 4. The molecule has 15 heteroatoms. The minimum absolute atomic E-state index is 0.0871. The average molecular weight is 465 g/mol. The zero-order chi connectivity index (χ0) is 24.1. The van der Waals surface area contributed by atoms with E-state index in [1.165, 1.54) is 11.8 Å². The zero-order valence-electron chi connectivity index (χ0n) is 16.7. The molecule has 0 radical (unpaired) electrons. The number of nitrogens with two attached hydrogens (primary N) is 2. The Morgan fingerprint density at radius 3 is 1.84 bits per heavy atom. The number of rotatable bonds is 15. The number of aliphatic hydroxyl groups is 1. The first kappa shape index (κ1) is 28.1. The molecular formula is C16H27N5O9S. The molecule has 0 saturated carbocycles. The van der Waals surface area contributed by atoms with Gasteiger partial charge in [0.1, 0.15) is 18.1 Å². The van der Waals surface area contributed by atoms with E-state index in [1.807, 2.05) is 10.6 Å². The molecule has 0 bridgehead atoms. The van der Waals surface area contributed by atoms with Crippen LogP contribution in [0, 0.1) is 0 Å². The van der Waals surface area contributed by atoms with E-state index in [0.717, 1.165) is 0 Å². The van der Waals surface area contributed by atoms with Crippen LogP contribution in [-0.2, 0) is 28.8 Å². The maximum absolute atomic E-state index is 12.4. The molecule has 0 aromatic heterocycles.